The van der Waals surface area contributed by atoms with Crippen LogP contribution in [0.4, 0.5) is 5.82 Å². The Kier molecular flexibility index (Phi) is 4.11. The number of rotatable bonds is 5. The standard InChI is InChI=1S/C14H21N5O/c20-14(16-6-5-11-1-2-11)12-3-4-13(18-17-12)19-9-7-15-8-10-19/h3-4,11,15H,1-2,5-10H2,(H,16,20). The Morgan fingerprint density at radius 1 is 1.30 bits per heavy atom. The molecule has 6 heteroatoms. The molecule has 0 radical (unpaired) electrons. The summed E-state index contributed by atoms with van der Waals surface area (Å²) in [5, 5.41) is 14.4. The van der Waals surface area contributed by atoms with Gasteiger partial charge in [0.1, 0.15) is 0 Å². The Labute approximate surface area is 118 Å². The van der Waals surface area contributed by atoms with Gasteiger partial charge >= 0.3 is 0 Å². The number of hydrogen-bond donors (Lipinski definition) is 2. The first-order valence-electron chi connectivity index (χ1n) is 7.40. The fourth-order valence-corrected chi connectivity index (χ4v) is 2.40. The van der Waals surface area contributed by atoms with Crippen molar-refractivity contribution in [1.29, 1.82) is 0 Å². The monoisotopic (exact) mass is 275 g/mol. The van der Waals surface area contributed by atoms with Crippen molar-refractivity contribution in [2.24, 2.45) is 5.92 Å². The molecule has 20 heavy (non-hydrogen) atoms. The van der Waals surface area contributed by atoms with Crippen LogP contribution in [-0.2, 0) is 0 Å². The van der Waals surface area contributed by atoms with Gasteiger partial charge in [0.05, 0.1) is 0 Å². The van der Waals surface area contributed by atoms with Gasteiger partial charge in [-0.3, -0.25) is 4.79 Å². The molecule has 1 saturated carbocycles. The molecule has 1 aromatic heterocycles. The number of carbonyl (C=O) groups is 1. The maximum Gasteiger partial charge on any atom is 0.271 e. The van der Waals surface area contributed by atoms with Crippen LogP contribution in [0.15, 0.2) is 12.1 Å². The first-order valence-corrected chi connectivity index (χ1v) is 7.40. The number of nitrogens with zero attached hydrogens (tertiary/aromatic N) is 3. The number of hydrogen-bond acceptors (Lipinski definition) is 5. The fraction of sp³-hybridized carbons (Fsp3) is 0.643. The van der Waals surface area contributed by atoms with Gasteiger partial charge in [-0.05, 0) is 24.5 Å². The molecule has 1 saturated heterocycles. The van der Waals surface area contributed by atoms with Gasteiger partial charge in [-0.1, -0.05) is 12.8 Å². The second-order valence-electron chi connectivity index (χ2n) is 5.50. The average Bonchev–Trinajstić information content (AvgIpc) is 3.32. The number of aromatic nitrogens is 2. The van der Waals surface area contributed by atoms with E-state index >= 15 is 0 Å². The minimum absolute atomic E-state index is 0.120. The topological polar surface area (TPSA) is 70.2 Å². The van der Waals surface area contributed by atoms with Crippen LogP contribution in [0, 0.1) is 5.92 Å². The fourth-order valence-electron chi connectivity index (χ4n) is 2.40. The van der Waals surface area contributed by atoms with Crippen molar-refractivity contribution in [3.05, 3.63) is 17.8 Å². The third-order valence-electron chi connectivity index (χ3n) is 3.86. The highest BCUT2D eigenvalue weighted by Gasteiger charge is 2.21. The van der Waals surface area contributed by atoms with Gasteiger partial charge in [0.25, 0.3) is 5.91 Å². The maximum absolute atomic E-state index is 11.9. The quantitative estimate of drug-likeness (QED) is 0.815. The first kappa shape index (κ1) is 13.3. The summed E-state index contributed by atoms with van der Waals surface area (Å²) in [6, 6.07) is 3.64. The van der Waals surface area contributed by atoms with E-state index in [0.717, 1.165) is 50.9 Å². The minimum atomic E-state index is -0.120. The highest BCUT2D eigenvalue weighted by atomic mass is 16.1. The maximum atomic E-state index is 11.9. The Hall–Kier alpha value is -1.69. The molecule has 1 aliphatic heterocycles. The predicted molar refractivity (Wildman–Crippen MR) is 76.8 cm³/mol. The third-order valence-corrected chi connectivity index (χ3v) is 3.86. The number of anilines is 1. The van der Waals surface area contributed by atoms with Crippen molar-refractivity contribution in [3.8, 4) is 0 Å². The number of amides is 1. The van der Waals surface area contributed by atoms with Crippen LogP contribution in [0.3, 0.4) is 0 Å². The molecule has 0 unspecified atom stereocenters. The third kappa shape index (κ3) is 3.45. The largest absolute Gasteiger partial charge is 0.353 e. The summed E-state index contributed by atoms with van der Waals surface area (Å²) < 4.78 is 0. The van der Waals surface area contributed by atoms with E-state index in [9.17, 15) is 4.79 Å². The van der Waals surface area contributed by atoms with Crippen molar-refractivity contribution in [2.45, 2.75) is 19.3 Å². The molecule has 2 aliphatic rings. The summed E-state index contributed by atoms with van der Waals surface area (Å²) in [5.74, 6) is 1.56. The molecule has 2 N–H and O–H groups in total. The minimum Gasteiger partial charge on any atom is -0.353 e. The number of carbonyl (C=O) groups excluding carboxylic acids is 1. The van der Waals surface area contributed by atoms with E-state index in [1.54, 1.807) is 6.07 Å². The molecular formula is C14H21N5O. The smallest absolute Gasteiger partial charge is 0.271 e. The zero-order chi connectivity index (χ0) is 13.8. The van der Waals surface area contributed by atoms with Gasteiger partial charge < -0.3 is 15.5 Å². The lowest BCUT2D eigenvalue weighted by Crippen LogP contribution is -2.44. The van der Waals surface area contributed by atoms with Crippen LogP contribution in [0.1, 0.15) is 29.8 Å². The van der Waals surface area contributed by atoms with Gasteiger partial charge in [-0.15, -0.1) is 10.2 Å². The van der Waals surface area contributed by atoms with Crippen molar-refractivity contribution >= 4 is 11.7 Å². The van der Waals surface area contributed by atoms with E-state index in [-0.39, 0.29) is 5.91 Å². The van der Waals surface area contributed by atoms with E-state index in [1.807, 2.05) is 6.07 Å². The molecule has 0 aromatic carbocycles. The van der Waals surface area contributed by atoms with Crippen molar-refractivity contribution < 1.29 is 4.79 Å². The zero-order valence-corrected chi connectivity index (χ0v) is 11.6. The van der Waals surface area contributed by atoms with E-state index in [2.05, 4.69) is 25.7 Å². The molecule has 1 amide bonds. The summed E-state index contributed by atoms with van der Waals surface area (Å²) >= 11 is 0. The van der Waals surface area contributed by atoms with Gasteiger partial charge in [0.15, 0.2) is 11.5 Å². The van der Waals surface area contributed by atoms with Crippen LogP contribution >= 0.6 is 0 Å². The van der Waals surface area contributed by atoms with Crippen molar-refractivity contribution in [1.82, 2.24) is 20.8 Å². The van der Waals surface area contributed by atoms with Gasteiger partial charge in [-0.2, -0.15) is 0 Å². The highest BCUT2D eigenvalue weighted by molar-refractivity contribution is 5.92. The Morgan fingerprint density at radius 3 is 2.75 bits per heavy atom. The second-order valence-corrected chi connectivity index (χ2v) is 5.50. The van der Waals surface area contributed by atoms with E-state index in [4.69, 9.17) is 0 Å². The summed E-state index contributed by atoms with van der Waals surface area (Å²) in [5.41, 5.74) is 0.402. The van der Waals surface area contributed by atoms with E-state index in [0.29, 0.717) is 5.69 Å². The molecule has 1 aromatic rings. The van der Waals surface area contributed by atoms with Gasteiger partial charge in [-0.25, -0.2) is 0 Å². The Balaban J connectivity index is 1.52. The van der Waals surface area contributed by atoms with Crippen LogP contribution in [-0.4, -0.2) is 48.8 Å². The molecule has 1 aliphatic carbocycles. The van der Waals surface area contributed by atoms with Crippen LogP contribution in [0.5, 0.6) is 0 Å². The molecule has 108 valence electrons. The van der Waals surface area contributed by atoms with E-state index in [1.165, 1.54) is 12.8 Å². The normalized spacial score (nSPS) is 18.9. The molecule has 6 nitrogen and oxygen atoms in total. The lowest BCUT2D eigenvalue weighted by molar-refractivity contribution is 0.0946. The summed E-state index contributed by atoms with van der Waals surface area (Å²) in [6.07, 6.45) is 3.71. The van der Waals surface area contributed by atoms with E-state index < -0.39 is 0 Å². The van der Waals surface area contributed by atoms with Crippen molar-refractivity contribution in [2.75, 3.05) is 37.6 Å². The Morgan fingerprint density at radius 2 is 2.10 bits per heavy atom. The second kappa shape index (κ2) is 6.17. The van der Waals surface area contributed by atoms with Gasteiger partial charge in [0.2, 0.25) is 0 Å². The highest BCUT2D eigenvalue weighted by Crippen LogP contribution is 2.31. The lowest BCUT2D eigenvalue weighted by atomic mass is 10.3. The zero-order valence-electron chi connectivity index (χ0n) is 11.6. The van der Waals surface area contributed by atoms with Crippen LogP contribution in [0.2, 0.25) is 0 Å². The molecule has 3 rings (SSSR count). The summed E-state index contributed by atoms with van der Waals surface area (Å²) in [4.78, 5) is 14.1. The van der Waals surface area contributed by atoms with Crippen molar-refractivity contribution in [3.63, 3.8) is 0 Å². The van der Waals surface area contributed by atoms with Crippen LogP contribution in [0.25, 0.3) is 0 Å². The van der Waals surface area contributed by atoms with Gasteiger partial charge in [0, 0.05) is 32.7 Å². The molecule has 0 atom stereocenters. The first-order chi connectivity index (χ1) is 9.83. The summed E-state index contributed by atoms with van der Waals surface area (Å²) in [7, 11) is 0. The predicted octanol–water partition coefficient (Wildman–Crippen LogP) is 0.416. The lowest BCUT2D eigenvalue weighted by Gasteiger charge is -2.27. The molecule has 2 heterocycles. The SMILES string of the molecule is O=C(NCCC1CC1)c1ccc(N2CCNCC2)nn1. The number of piperazine rings is 1. The number of nitrogens with one attached hydrogen (secondary N) is 2. The van der Waals surface area contributed by atoms with Crippen LogP contribution < -0.4 is 15.5 Å². The molecule has 2 fully saturated rings. The molecule has 0 spiro atoms. The average molecular weight is 275 g/mol. The summed E-state index contributed by atoms with van der Waals surface area (Å²) in [6.45, 7) is 4.53. The molecule has 0 bridgehead atoms. The molecular weight excluding hydrogens is 254 g/mol. The Bertz CT molecular complexity index is 451.